The van der Waals surface area contributed by atoms with Gasteiger partial charge in [0.1, 0.15) is 0 Å². The van der Waals surface area contributed by atoms with E-state index in [4.69, 9.17) is 10.5 Å². The molecule has 0 saturated heterocycles. The molecule has 0 unspecified atom stereocenters. The predicted molar refractivity (Wildman–Crippen MR) is 72.1 cm³/mol. The van der Waals surface area contributed by atoms with Gasteiger partial charge in [-0.25, -0.2) is 0 Å². The number of hydrogen-bond donors (Lipinski definition) is 1. The Morgan fingerprint density at radius 1 is 1.31 bits per heavy atom. The molecule has 0 atom stereocenters. The van der Waals surface area contributed by atoms with Gasteiger partial charge >= 0.3 is 0 Å². The third kappa shape index (κ3) is 2.77. The van der Waals surface area contributed by atoms with Gasteiger partial charge in [-0.1, -0.05) is 6.07 Å². The predicted octanol–water partition coefficient (Wildman–Crippen LogP) is 3.71. The van der Waals surface area contributed by atoms with Crippen LogP contribution in [0.1, 0.15) is 5.56 Å². The molecule has 0 saturated carbocycles. The summed E-state index contributed by atoms with van der Waals surface area (Å²) in [4.78, 5) is 0. The quantitative estimate of drug-likeness (QED) is 0.873. The van der Waals surface area contributed by atoms with Crippen molar-refractivity contribution in [3.05, 3.63) is 45.1 Å². The highest BCUT2D eigenvalue weighted by Crippen LogP contribution is 2.30. The van der Waals surface area contributed by atoms with Gasteiger partial charge in [-0.05, 0) is 50.5 Å². The zero-order chi connectivity index (χ0) is 11.4. The van der Waals surface area contributed by atoms with Crippen molar-refractivity contribution in [1.29, 1.82) is 0 Å². The molecule has 1 heterocycles. The zero-order valence-electron chi connectivity index (χ0n) is 8.65. The number of nitrogens with two attached hydrogens (primary N) is 1. The molecule has 0 radical (unpaired) electrons. The molecule has 2 aromatic rings. The average molecular weight is 298 g/mol. The highest BCUT2D eigenvalue weighted by atomic mass is 79.9. The van der Waals surface area contributed by atoms with E-state index in [9.17, 15) is 0 Å². The number of para-hydroxylation sites is 1. The largest absolute Gasteiger partial charge is 0.490 e. The second kappa shape index (κ2) is 5.37. The van der Waals surface area contributed by atoms with Crippen LogP contribution in [0.15, 0.2) is 39.5 Å². The molecule has 0 aliphatic heterocycles. The number of nitrogen functional groups attached to an aromatic ring is 1. The lowest BCUT2D eigenvalue weighted by Crippen LogP contribution is -2.03. The minimum atomic E-state index is 0.642. The summed E-state index contributed by atoms with van der Waals surface area (Å²) in [5.41, 5.74) is 7.80. The molecule has 2 rings (SSSR count). The first-order valence-electron chi connectivity index (χ1n) is 4.95. The van der Waals surface area contributed by atoms with E-state index in [1.54, 1.807) is 11.3 Å². The van der Waals surface area contributed by atoms with Gasteiger partial charge in [0, 0.05) is 6.42 Å². The fourth-order valence-corrected chi connectivity index (χ4v) is 2.58. The minimum Gasteiger partial charge on any atom is -0.490 e. The van der Waals surface area contributed by atoms with Crippen LogP contribution in [-0.4, -0.2) is 6.61 Å². The molecule has 16 heavy (non-hydrogen) atoms. The first kappa shape index (κ1) is 11.5. The molecular weight excluding hydrogens is 286 g/mol. The smallest absolute Gasteiger partial charge is 0.156 e. The van der Waals surface area contributed by atoms with Crippen LogP contribution in [0.25, 0.3) is 0 Å². The van der Waals surface area contributed by atoms with E-state index in [0.29, 0.717) is 12.3 Å². The summed E-state index contributed by atoms with van der Waals surface area (Å²) < 4.78 is 6.57. The number of hydrogen-bond acceptors (Lipinski definition) is 3. The molecule has 1 aromatic heterocycles. The number of anilines is 1. The summed E-state index contributed by atoms with van der Waals surface area (Å²) >= 11 is 5.13. The Morgan fingerprint density at radius 2 is 2.19 bits per heavy atom. The zero-order valence-corrected chi connectivity index (χ0v) is 11.1. The number of rotatable bonds is 4. The minimum absolute atomic E-state index is 0.642. The second-order valence-electron chi connectivity index (χ2n) is 3.39. The van der Waals surface area contributed by atoms with E-state index in [-0.39, 0.29) is 0 Å². The van der Waals surface area contributed by atoms with E-state index in [1.165, 1.54) is 5.56 Å². The maximum absolute atomic E-state index is 5.83. The van der Waals surface area contributed by atoms with Gasteiger partial charge in [-0.2, -0.15) is 11.3 Å². The van der Waals surface area contributed by atoms with Crippen molar-refractivity contribution in [2.75, 3.05) is 12.3 Å². The van der Waals surface area contributed by atoms with E-state index < -0.39 is 0 Å². The lowest BCUT2D eigenvalue weighted by Gasteiger charge is -2.09. The van der Waals surface area contributed by atoms with Gasteiger partial charge in [0.2, 0.25) is 0 Å². The van der Waals surface area contributed by atoms with Gasteiger partial charge in [-0.15, -0.1) is 0 Å². The lowest BCUT2D eigenvalue weighted by atomic mass is 10.2. The highest BCUT2D eigenvalue weighted by molar-refractivity contribution is 9.10. The molecule has 2 N–H and O–H groups in total. The molecule has 84 valence electrons. The SMILES string of the molecule is Nc1cccc(Br)c1OCCc1ccsc1. The summed E-state index contributed by atoms with van der Waals surface area (Å²) in [6.45, 7) is 0.642. The molecular formula is C12H12BrNOS. The summed E-state index contributed by atoms with van der Waals surface area (Å²) in [6, 6.07) is 7.77. The average Bonchev–Trinajstić information content (AvgIpc) is 2.75. The Balaban J connectivity index is 1.95. The van der Waals surface area contributed by atoms with Crippen LogP contribution in [0, 0.1) is 0 Å². The monoisotopic (exact) mass is 297 g/mol. The summed E-state index contributed by atoms with van der Waals surface area (Å²) in [5.74, 6) is 0.734. The Bertz CT molecular complexity index is 436. The third-order valence-corrected chi connectivity index (χ3v) is 3.57. The van der Waals surface area contributed by atoms with Crippen molar-refractivity contribution in [3.63, 3.8) is 0 Å². The van der Waals surface area contributed by atoms with Gasteiger partial charge < -0.3 is 10.5 Å². The van der Waals surface area contributed by atoms with Crippen molar-refractivity contribution in [2.45, 2.75) is 6.42 Å². The number of halogens is 1. The van der Waals surface area contributed by atoms with Gasteiger partial charge in [0.15, 0.2) is 5.75 Å². The van der Waals surface area contributed by atoms with Crippen molar-refractivity contribution in [1.82, 2.24) is 0 Å². The molecule has 0 spiro atoms. The van der Waals surface area contributed by atoms with Crippen molar-refractivity contribution in [3.8, 4) is 5.75 Å². The molecule has 0 aliphatic rings. The maximum Gasteiger partial charge on any atom is 0.156 e. The van der Waals surface area contributed by atoms with Crippen LogP contribution in [0.3, 0.4) is 0 Å². The molecule has 4 heteroatoms. The standard InChI is InChI=1S/C12H12BrNOS/c13-10-2-1-3-11(14)12(10)15-6-4-9-5-7-16-8-9/h1-3,5,7-8H,4,6,14H2. The van der Waals surface area contributed by atoms with Crippen LogP contribution in [0.5, 0.6) is 5.75 Å². The van der Waals surface area contributed by atoms with Crippen LogP contribution < -0.4 is 10.5 Å². The van der Waals surface area contributed by atoms with Crippen molar-refractivity contribution < 1.29 is 4.74 Å². The molecule has 0 fully saturated rings. The Morgan fingerprint density at radius 3 is 2.88 bits per heavy atom. The first-order valence-corrected chi connectivity index (χ1v) is 6.69. The fraction of sp³-hybridized carbons (Fsp3) is 0.167. The van der Waals surface area contributed by atoms with Crippen LogP contribution >= 0.6 is 27.3 Å². The Kier molecular flexibility index (Phi) is 3.85. The summed E-state index contributed by atoms with van der Waals surface area (Å²) in [5, 5.41) is 4.20. The Hall–Kier alpha value is -1.00. The van der Waals surface area contributed by atoms with Crippen LogP contribution in [-0.2, 0) is 6.42 Å². The van der Waals surface area contributed by atoms with E-state index >= 15 is 0 Å². The summed E-state index contributed by atoms with van der Waals surface area (Å²) in [6.07, 6.45) is 0.907. The second-order valence-corrected chi connectivity index (χ2v) is 5.02. The van der Waals surface area contributed by atoms with Gasteiger partial charge in [0.05, 0.1) is 16.8 Å². The van der Waals surface area contributed by atoms with Crippen molar-refractivity contribution >= 4 is 33.0 Å². The third-order valence-electron chi connectivity index (χ3n) is 2.21. The van der Waals surface area contributed by atoms with Gasteiger partial charge in [-0.3, -0.25) is 0 Å². The first-order chi connectivity index (χ1) is 7.77. The summed E-state index contributed by atoms with van der Waals surface area (Å²) in [7, 11) is 0. The molecule has 1 aromatic carbocycles. The number of thiophene rings is 1. The highest BCUT2D eigenvalue weighted by Gasteiger charge is 2.04. The fourth-order valence-electron chi connectivity index (χ4n) is 1.38. The van der Waals surface area contributed by atoms with Crippen LogP contribution in [0.4, 0.5) is 5.69 Å². The maximum atomic E-state index is 5.83. The number of ether oxygens (including phenoxy) is 1. The van der Waals surface area contributed by atoms with E-state index in [0.717, 1.165) is 16.6 Å². The topological polar surface area (TPSA) is 35.2 Å². The molecule has 0 bridgehead atoms. The van der Waals surface area contributed by atoms with Crippen LogP contribution in [0.2, 0.25) is 0 Å². The van der Waals surface area contributed by atoms with E-state index in [1.807, 2.05) is 18.2 Å². The number of benzene rings is 1. The van der Waals surface area contributed by atoms with Crippen molar-refractivity contribution in [2.24, 2.45) is 0 Å². The van der Waals surface area contributed by atoms with E-state index in [2.05, 4.69) is 32.8 Å². The van der Waals surface area contributed by atoms with Gasteiger partial charge in [0.25, 0.3) is 0 Å². The molecule has 0 aliphatic carbocycles. The lowest BCUT2D eigenvalue weighted by molar-refractivity contribution is 0.322. The molecule has 2 nitrogen and oxygen atoms in total. The molecule has 0 amide bonds. The normalized spacial score (nSPS) is 10.3. The Labute approximate surface area is 107 Å².